The number of alkyl halides is 3. The molecule has 0 aliphatic carbocycles. The third kappa shape index (κ3) is 4.89. The largest absolute Gasteiger partial charge is 0.451 e. The van der Waals surface area contributed by atoms with Crippen LogP contribution >= 0.6 is 0 Å². The Kier molecular flexibility index (Phi) is 6.22. The van der Waals surface area contributed by atoms with E-state index in [2.05, 4.69) is 30.2 Å². The summed E-state index contributed by atoms with van der Waals surface area (Å²) in [6, 6.07) is 4.49. The smallest absolute Gasteiger partial charge is 0.313 e. The van der Waals surface area contributed by atoms with Crippen LogP contribution in [0.2, 0.25) is 0 Å². The van der Waals surface area contributed by atoms with Gasteiger partial charge < -0.3 is 9.88 Å². The molecule has 0 unspecified atom stereocenters. The first-order valence-electron chi connectivity index (χ1n) is 10.3. The molecular formula is C21H17F3N8O4. The number of imidazole rings is 1. The number of pyridine rings is 1. The van der Waals surface area contributed by atoms with E-state index in [0.29, 0.717) is 0 Å². The van der Waals surface area contributed by atoms with Crippen LogP contribution in [0, 0.1) is 6.92 Å². The predicted octanol–water partition coefficient (Wildman–Crippen LogP) is 1.29. The highest BCUT2D eigenvalue weighted by Gasteiger charge is 2.34. The summed E-state index contributed by atoms with van der Waals surface area (Å²) in [5.74, 6) is -1.96. The summed E-state index contributed by atoms with van der Waals surface area (Å²) in [7, 11) is 0. The van der Waals surface area contributed by atoms with E-state index in [1.807, 2.05) is 0 Å². The molecule has 0 atom stereocenters. The van der Waals surface area contributed by atoms with Crippen molar-refractivity contribution >= 4 is 28.7 Å². The molecule has 0 saturated heterocycles. The van der Waals surface area contributed by atoms with Crippen molar-refractivity contribution in [2.75, 3.05) is 5.32 Å². The number of carbonyl (C=O) groups excluding carboxylic acids is 2. The molecule has 0 fully saturated rings. The fourth-order valence-electron chi connectivity index (χ4n) is 3.41. The molecule has 0 bridgehead atoms. The van der Waals surface area contributed by atoms with Crippen molar-refractivity contribution < 1.29 is 22.8 Å². The highest BCUT2D eigenvalue weighted by atomic mass is 19.4. The van der Waals surface area contributed by atoms with Crippen molar-refractivity contribution in [3.8, 4) is 11.3 Å². The summed E-state index contributed by atoms with van der Waals surface area (Å²) >= 11 is 0. The Hall–Kier alpha value is -4.69. The average Bonchev–Trinajstić information content (AvgIpc) is 3.10. The number of Topliss-reactive ketones (excluding diaryl/α,β-unsaturated/α-hetero) is 1. The van der Waals surface area contributed by atoms with Gasteiger partial charge in [-0.3, -0.25) is 23.9 Å². The van der Waals surface area contributed by atoms with Crippen LogP contribution in [0.5, 0.6) is 0 Å². The summed E-state index contributed by atoms with van der Waals surface area (Å²) < 4.78 is 40.1. The van der Waals surface area contributed by atoms with Crippen LogP contribution in [-0.2, 0) is 28.9 Å². The van der Waals surface area contributed by atoms with Gasteiger partial charge in [0.2, 0.25) is 11.7 Å². The topological polar surface area (TPSA) is 158 Å². The lowest BCUT2D eigenvalue weighted by Crippen LogP contribution is -2.37. The molecule has 2 N–H and O–H groups in total. The van der Waals surface area contributed by atoms with Crippen LogP contribution in [0.4, 0.5) is 19.0 Å². The van der Waals surface area contributed by atoms with Crippen LogP contribution in [0.15, 0.2) is 40.2 Å². The van der Waals surface area contributed by atoms with Gasteiger partial charge in [-0.1, -0.05) is 6.07 Å². The predicted molar refractivity (Wildman–Crippen MR) is 119 cm³/mol. The van der Waals surface area contributed by atoms with Gasteiger partial charge in [0.15, 0.2) is 11.2 Å². The number of aromatic nitrogens is 7. The Morgan fingerprint density at radius 3 is 2.39 bits per heavy atom. The van der Waals surface area contributed by atoms with E-state index in [1.54, 1.807) is 0 Å². The minimum Gasteiger partial charge on any atom is -0.313 e. The molecule has 0 aliphatic heterocycles. The van der Waals surface area contributed by atoms with E-state index >= 15 is 0 Å². The van der Waals surface area contributed by atoms with Gasteiger partial charge in [0.05, 0.1) is 12.2 Å². The van der Waals surface area contributed by atoms with Crippen LogP contribution in [0.1, 0.15) is 18.6 Å². The van der Waals surface area contributed by atoms with Crippen molar-refractivity contribution in [2.24, 2.45) is 0 Å². The number of fused-ring (bicyclic) bond motifs is 1. The van der Waals surface area contributed by atoms with Crippen molar-refractivity contribution in [1.82, 2.24) is 34.1 Å². The number of ketones is 1. The first kappa shape index (κ1) is 24.4. The lowest BCUT2D eigenvalue weighted by molar-refractivity contribution is -0.145. The van der Waals surface area contributed by atoms with Gasteiger partial charge in [0.25, 0.3) is 5.56 Å². The fraction of sp³-hybridized carbons (Fsp3) is 0.238. The molecular weight excluding hydrogens is 485 g/mol. The molecule has 15 heteroatoms. The van der Waals surface area contributed by atoms with E-state index < -0.39 is 41.5 Å². The van der Waals surface area contributed by atoms with E-state index in [-0.39, 0.29) is 40.6 Å². The number of amides is 1. The Morgan fingerprint density at radius 1 is 1.06 bits per heavy atom. The highest BCUT2D eigenvalue weighted by Crippen LogP contribution is 2.26. The number of halogens is 3. The Morgan fingerprint density at radius 2 is 1.75 bits per heavy atom. The number of carbonyl (C=O) groups is 2. The van der Waals surface area contributed by atoms with E-state index in [0.717, 1.165) is 17.0 Å². The molecule has 0 radical (unpaired) electrons. The normalized spacial score (nSPS) is 11.6. The van der Waals surface area contributed by atoms with Gasteiger partial charge in [-0.05, 0) is 26.0 Å². The molecule has 1 amide bonds. The summed E-state index contributed by atoms with van der Waals surface area (Å²) in [5, 5.41) is 2.54. The van der Waals surface area contributed by atoms with Gasteiger partial charge in [0.1, 0.15) is 24.0 Å². The monoisotopic (exact) mass is 502 g/mol. The SMILES string of the molecule is CC(=O)Cn1c(=O)[nH]c2nc(C)n(CC(=O)Nc3cccc(-c4cnc(C(F)(F)F)nc4)n3)c2c1=O. The van der Waals surface area contributed by atoms with Gasteiger partial charge in [0, 0.05) is 18.0 Å². The highest BCUT2D eigenvalue weighted by molar-refractivity contribution is 5.91. The second-order valence-electron chi connectivity index (χ2n) is 7.72. The zero-order valence-corrected chi connectivity index (χ0v) is 18.8. The summed E-state index contributed by atoms with van der Waals surface area (Å²) in [6.45, 7) is 1.94. The summed E-state index contributed by atoms with van der Waals surface area (Å²) in [5.41, 5.74) is -1.25. The number of anilines is 1. The van der Waals surface area contributed by atoms with E-state index in [4.69, 9.17) is 0 Å². The van der Waals surface area contributed by atoms with Crippen molar-refractivity contribution in [2.45, 2.75) is 33.1 Å². The third-order valence-electron chi connectivity index (χ3n) is 4.98. The molecule has 36 heavy (non-hydrogen) atoms. The number of nitrogens with zero attached hydrogens (tertiary/aromatic N) is 6. The van der Waals surface area contributed by atoms with Crippen molar-refractivity contribution in [3.63, 3.8) is 0 Å². The fourth-order valence-corrected chi connectivity index (χ4v) is 3.41. The molecule has 0 saturated carbocycles. The number of aryl methyl sites for hydroxylation is 1. The lowest BCUT2D eigenvalue weighted by atomic mass is 10.2. The molecule has 0 spiro atoms. The molecule has 12 nitrogen and oxygen atoms in total. The minimum atomic E-state index is -4.68. The van der Waals surface area contributed by atoms with E-state index in [9.17, 15) is 32.3 Å². The summed E-state index contributed by atoms with van der Waals surface area (Å²) in [6.07, 6.45) is -2.74. The second-order valence-corrected chi connectivity index (χ2v) is 7.72. The lowest BCUT2D eigenvalue weighted by Gasteiger charge is -2.10. The quantitative estimate of drug-likeness (QED) is 0.399. The molecule has 4 aromatic rings. The molecule has 0 aliphatic rings. The van der Waals surface area contributed by atoms with Gasteiger partial charge in [-0.2, -0.15) is 13.2 Å². The van der Waals surface area contributed by atoms with Crippen LogP contribution in [0.3, 0.4) is 0 Å². The Labute approximate surface area is 198 Å². The standard InChI is InChI=1S/C21H17F3N8O4/c1-10(33)8-32-18(35)16-17(30-20(32)36)27-11(2)31(16)9-15(34)29-14-5-3-4-13(28-14)12-6-25-19(26-7-12)21(22,23)24/h3-7H,8-9H2,1-2H3,(H,30,36)(H,28,29,34). The number of hydrogen-bond acceptors (Lipinski definition) is 8. The zero-order chi connectivity index (χ0) is 26.2. The maximum Gasteiger partial charge on any atom is 0.451 e. The maximum atomic E-state index is 12.8. The van der Waals surface area contributed by atoms with Crippen LogP contribution in [-0.4, -0.2) is 45.7 Å². The summed E-state index contributed by atoms with van der Waals surface area (Å²) in [4.78, 5) is 66.5. The third-order valence-corrected chi connectivity index (χ3v) is 4.98. The first-order valence-corrected chi connectivity index (χ1v) is 10.3. The second kappa shape index (κ2) is 9.16. The number of aromatic amines is 1. The average molecular weight is 502 g/mol. The van der Waals surface area contributed by atoms with Crippen molar-refractivity contribution in [3.05, 3.63) is 63.1 Å². The van der Waals surface area contributed by atoms with Gasteiger partial charge in [-0.25, -0.2) is 24.7 Å². The van der Waals surface area contributed by atoms with Gasteiger partial charge in [-0.15, -0.1) is 0 Å². The van der Waals surface area contributed by atoms with Gasteiger partial charge >= 0.3 is 11.9 Å². The minimum absolute atomic E-state index is 0.0301. The molecule has 4 aromatic heterocycles. The molecule has 4 heterocycles. The zero-order valence-electron chi connectivity index (χ0n) is 18.8. The van der Waals surface area contributed by atoms with Crippen LogP contribution < -0.4 is 16.6 Å². The van der Waals surface area contributed by atoms with Crippen molar-refractivity contribution in [1.29, 1.82) is 0 Å². The molecule has 4 rings (SSSR count). The maximum absolute atomic E-state index is 12.8. The Balaban J connectivity index is 1.59. The first-order chi connectivity index (χ1) is 16.9. The number of rotatable bonds is 6. The molecule has 186 valence electrons. The number of H-pyrrole nitrogens is 1. The molecule has 0 aromatic carbocycles. The number of nitrogens with one attached hydrogen (secondary N) is 2. The number of hydrogen-bond donors (Lipinski definition) is 2. The Bertz CT molecular complexity index is 1600. The van der Waals surface area contributed by atoms with Crippen LogP contribution in [0.25, 0.3) is 22.4 Å². The van der Waals surface area contributed by atoms with E-state index in [1.165, 1.54) is 36.6 Å².